The van der Waals surface area contributed by atoms with Crippen LogP contribution in [-0.2, 0) is 9.59 Å². The van der Waals surface area contributed by atoms with Crippen molar-refractivity contribution < 1.29 is 9.59 Å². The zero-order valence-corrected chi connectivity index (χ0v) is 15.1. The molecule has 8 nitrogen and oxygen atoms in total. The van der Waals surface area contributed by atoms with Gasteiger partial charge < -0.3 is 10.3 Å². The normalized spacial score (nSPS) is 11.4. The molecule has 0 saturated heterocycles. The number of carbonyl (C=O) groups excluding carboxylic acids is 2. The zero-order chi connectivity index (χ0) is 19.5. The van der Waals surface area contributed by atoms with Gasteiger partial charge in [-0.3, -0.25) is 19.9 Å². The van der Waals surface area contributed by atoms with Gasteiger partial charge in [-0.05, 0) is 19.1 Å². The molecule has 0 radical (unpaired) electrons. The largest absolute Gasteiger partial charge is 0.355 e. The number of nitrogens with zero attached hydrogens (tertiary/aromatic N) is 3. The Balaban J connectivity index is 1.73. The highest BCUT2D eigenvalue weighted by Gasteiger charge is 2.09. The maximum absolute atomic E-state index is 11.9. The molecule has 2 rings (SSSR count). The number of pyridine rings is 1. The van der Waals surface area contributed by atoms with Crippen LogP contribution in [0.25, 0.3) is 11.5 Å². The number of H-pyrrole nitrogens is 1. The van der Waals surface area contributed by atoms with Crippen LogP contribution in [0.1, 0.15) is 19.8 Å². The highest BCUT2D eigenvalue weighted by molar-refractivity contribution is 5.89. The molecule has 140 valence electrons. The van der Waals surface area contributed by atoms with Gasteiger partial charge in [-0.2, -0.15) is 0 Å². The van der Waals surface area contributed by atoms with Gasteiger partial charge in [-0.1, -0.05) is 42.5 Å². The molecular formula is C19H22N6O2. The van der Waals surface area contributed by atoms with Crippen LogP contribution in [0.2, 0.25) is 0 Å². The van der Waals surface area contributed by atoms with Crippen molar-refractivity contribution in [3.8, 4) is 11.5 Å². The second kappa shape index (κ2) is 10.4. The summed E-state index contributed by atoms with van der Waals surface area (Å²) in [5.41, 5.74) is 1.54. The zero-order valence-electron chi connectivity index (χ0n) is 15.1. The third-order valence-electron chi connectivity index (χ3n) is 3.39. The molecule has 0 aliphatic carbocycles. The number of carbonyl (C=O) groups is 2. The molecule has 2 aromatic rings. The molecule has 0 saturated carbocycles. The molecular weight excluding hydrogens is 344 g/mol. The van der Waals surface area contributed by atoms with Gasteiger partial charge in [0.25, 0.3) is 0 Å². The predicted molar refractivity (Wildman–Crippen MR) is 104 cm³/mol. The molecule has 0 atom stereocenters. The monoisotopic (exact) mass is 366 g/mol. The molecule has 0 spiro atoms. The van der Waals surface area contributed by atoms with Gasteiger partial charge in [0.15, 0.2) is 5.82 Å². The number of allylic oxidation sites excluding steroid dienone is 4. The standard InChI is InChI=1S/C19H22N6O2/c1-3-4-5-8-14(2)13-17(27)21-12-10-16(26)22-19-23-18(24-25-19)15-9-6-7-11-20-15/h3-9,11H,1,10,12-13H2,2H3,(H,21,27)(H2,22,23,24,25,26)/b5-4-,14-8+. The van der Waals surface area contributed by atoms with Crippen LogP contribution in [-0.4, -0.2) is 38.5 Å². The maximum Gasteiger partial charge on any atom is 0.228 e. The molecule has 0 unspecified atom stereocenters. The SMILES string of the molecule is C=C/C=C\C=C(/C)CC(=O)NCCC(=O)Nc1nnc(-c2ccccn2)[nH]1. The summed E-state index contributed by atoms with van der Waals surface area (Å²) in [6, 6.07) is 5.41. The van der Waals surface area contributed by atoms with Crippen molar-refractivity contribution in [2.75, 3.05) is 11.9 Å². The van der Waals surface area contributed by atoms with Gasteiger partial charge in [0.1, 0.15) is 5.69 Å². The lowest BCUT2D eigenvalue weighted by molar-refractivity contribution is -0.120. The fourth-order valence-corrected chi connectivity index (χ4v) is 2.12. The smallest absolute Gasteiger partial charge is 0.228 e. The Bertz CT molecular complexity index is 839. The number of hydrogen-bond acceptors (Lipinski definition) is 5. The summed E-state index contributed by atoms with van der Waals surface area (Å²) in [4.78, 5) is 30.8. The van der Waals surface area contributed by atoms with Crippen molar-refractivity contribution in [3.63, 3.8) is 0 Å². The molecule has 2 amide bonds. The minimum Gasteiger partial charge on any atom is -0.355 e. The number of aromatic nitrogens is 4. The van der Waals surface area contributed by atoms with Gasteiger partial charge in [-0.25, -0.2) is 0 Å². The van der Waals surface area contributed by atoms with E-state index in [1.165, 1.54) is 0 Å². The summed E-state index contributed by atoms with van der Waals surface area (Å²) in [6.45, 7) is 5.68. The summed E-state index contributed by atoms with van der Waals surface area (Å²) in [6.07, 6.45) is 9.16. The van der Waals surface area contributed by atoms with E-state index < -0.39 is 0 Å². The molecule has 2 aromatic heterocycles. The van der Waals surface area contributed by atoms with Crippen LogP contribution in [0.5, 0.6) is 0 Å². The highest BCUT2D eigenvalue weighted by Crippen LogP contribution is 2.12. The molecule has 0 fully saturated rings. The molecule has 0 aliphatic rings. The van der Waals surface area contributed by atoms with E-state index in [2.05, 4.69) is 37.4 Å². The van der Waals surface area contributed by atoms with Crippen LogP contribution >= 0.6 is 0 Å². The Labute approximate surface area is 157 Å². The van der Waals surface area contributed by atoms with E-state index in [1.807, 2.05) is 25.1 Å². The first kappa shape index (κ1) is 19.8. The summed E-state index contributed by atoms with van der Waals surface area (Å²) in [5.74, 6) is 0.285. The molecule has 0 aromatic carbocycles. The van der Waals surface area contributed by atoms with Crippen molar-refractivity contribution in [2.45, 2.75) is 19.8 Å². The first-order valence-corrected chi connectivity index (χ1v) is 8.44. The quantitative estimate of drug-likeness (QED) is 0.590. The van der Waals surface area contributed by atoms with Gasteiger partial charge in [0.05, 0.1) is 0 Å². The van der Waals surface area contributed by atoms with E-state index in [0.29, 0.717) is 11.5 Å². The summed E-state index contributed by atoms with van der Waals surface area (Å²) in [7, 11) is 0. The lowest BCUT2D eigenvalue weighted by atomic mass is 10.2. The van der Waals surface area contributed by atoms with Crippen LogP contribution in [0.4, 0.5) is 5.95 Å². The third kappa shape index (κ3) is 7.07. The maximum atomic E-state index is 11.9. The highest BCUT2D eigenvalue weighted by atomic mass is 16.2. The second-order valence-corrected chi connectivity index (χ2v) is 5.70. The van der Waals surface area contributed by atoms with Crippen molar-refractivity contribution >= 4 is 17.8 Å². The number of amides is 2. The Morgan fingerprint density at radius 2 is 2.07 bits per heavy atom. The van der Waals surface area contributed by atoms with Crippen molar-refractivity contribution in [2.24, 2.45) is 0 Å². The van der Waals surface area contributed by atoms with Gasteiger partial charge >= 0.3 is 0 Å². The van der Waals surface area contributed by atoms with Crippen LogP contribution in [0, 0.1) is 0 Å². The average Bonchev–Trinajstić information content (AvgIpc) is 3.11. The number of hydrogen-bond donors (Lipinski definition) is 3. The van der Waals surface area contributed by atoms with Gasteiger partial charge in [0, 0.05) is 25.6 Å². The van der Waals surface area contributed by atoms with Crippen LogP contribution in [0.3, 0.4) is 0 Å². The number of anilines is 1. The minimum absolute atomic E-state index is 0.129. The Morgan fingerprint density at radius 3 is 2.81 bits per heavy atom. The molecule has 8 heteroatoms. The van der Waals surface area contributed by atoms with E-state index in [0.717, 1.165) is 5.57 Å². The van der Waals surface area contributed by atoms with E-state index in [9.17, 15) is 9.59 Å². The summed E-state index contributed by atoms with van der Waals surface area (Å²) < 4.78 is 0. The second-order valence-electron chi connectivity index (χ2n) is 5.70. The number of rotatable bonds is 9. The van der Waals surface area contributed by atoms with Gasteiger partial charge in [0.2, 0.25) is 17.8 Å². The average molecular weight is 366 g/mol. The first-order valence-electron chi connectivity index (χ1n) is 8.44. The summed E-state index contributed by atoms with van der Waals surface area (Å²) >= 11 is 0. The molecule has 0 bridgehead atoms. The Kier molecular flexibility index (Phi) is 7.65. The Morgan fingerprint density at radius 1 is 1.22 bits per heavy atom. The Hall–Kier alpha value is -3.55. The molecule has 0 aliphatic heterocycles. The summed E-state index contributed by atoms with van der Waals surface area (Å²) in [5, 5.41) is 13.1. The fourth-order valence-electron chi connectivity index (χ4n) is 2.12. The van der Waals surface area contributed by atoms with Gasteiger partial charge in [-0.15, -0.1) is 10.2 Å². The van der Waals surface area contributed by atoms with E-state index >= 15 is 0 Å². The fraction of sp³-hybridized carbons (Fsp3) is 0.211. The molecule has 3 N–H and O–H groups in total. The van der Waals surface area contributed by atoms with Crippen LogP contribution in [0.15, 0.2) is 60.9 Å². The third-order valence-corrected chi connectivity index (χ3v) is 3.39. The lowest BCUT2D eigenvalue weighted by Gasteiger charge is -2.05. The minimum atomic E-state index is -0.278. The topological polar surface area (TPSA) is 113 Å². The molecule has 2 heterocycles. The van der Waals surface area contributed by atoms with Crippen LogP contribution < -0.4 is 10.6 Å². The predicted octanol–water partition coefficient (Wildman–Crippen LogP) is 2.39. The van der Waals surface area contributed by atoms with Crippen molar-refractivity contribution in [1.82, 2.24) is 25.5 Å². The van der Waals surface area contributed by atoms with E-state index in [1.54, 1.807) is 30.5 Å². The molecule has 27 heavy (non-hydrogen) atoms. The van der Waals surface area contributed by atoms with Crippen molar-refractivity contribution in [1.29, 1.82) is 0 Å². The van der Waals surface area contributed by atoms with E-state index in [-0.39, 0.29) is 37.1 Å². The van der Waals surface area contributed by atoms with E-state index in [4.69, 9.17) is 0 Å². The first-order chi connectivity index (χ1) is 13.1. The number of nitrogens with one attached hydrogen (secondary N) is 3. The van der Waals surface area contributed by atoms with Crippen molar-refractivity contribution in [3.05, 3.63) is 60.9 Å². The number of aromatic amines is 1. The lowest BCUT2D eigenvalue weighted by Crippen LogP contribution is -2.27.